The first-order valence-corrected chi connectivity index (χ1v) is 6.59. The number of aromatic nitrogens is 1. The van der Waals surface area contributed by atoms with Crippen molar-refractivity contribution < 1.29 is 4.74 Å². The number of nitrogens with zero attached hydrogens (tertiary/aromatic N) is 1. The number of aryl methyl sites for hydroxylation is 2. The van der Waals surface area contributed by atoms with Crippen LogP contribution >= 0.6 is 11.6 Å². The molecule has 2 rings (SSSR count). The number of halogens is 1. The van der Waals surface area contributed by atoms with Crippen molar-refractivity contribution in [2.75, 3.05) is 6.61 Å². The Balaban J connectivity index is 1.82. The van der Waals surface area contributed by atoms with Gasteiger partial charge in [0.05, 0.1) is 6.61 Å². The molecule has 0 saturated carbocycles. The fraction of sp³-hybridized carbons (Fsp3) is 0.267. The zero-order valence-electron chi connectivity index (χ0n) is 10.8. The third-order valence-electron chi connectivity index (χ3n) is 2.84. The summed E-state index contributed by atoms with van der Waals surface area (Å²) < 4.78 is 7.29. The van der Waals surface area contributed by atoms with Crippen molar-refractivity contribution in [1.82, 2.24) is 4.57 Å². The quantitative estimate of drug-likeness (QED) is 0.786. The Hall–Kier alpha value is -1.74. The van der Waals surface area contributed by atoms with Gasteiger partial charge in [-0.15, -0.1) is 0 Å². The van der Waals surface area contributed by atoms with Crippen molar-refractivity contribution in [3.05, 3.63) is 63.5 Å². The Morgan fingerprint density at radius 2 is 1.95 bits per heavy atom. The van der Waals surface area contributed by atoms with Crippen LogP contribution in [-0.4, -0.2) is 11.2 Å². The van der Waals surface area contributed by atoms with E-state index in [9.17, 15) is 4.79 Å². The van der Waals surface area contributed by atoms with Gasteiger partial charge in [-0.1, -0.05) is 17.7 Å². The number of hydrogen-bond donors (Lipinski definition) is 0. The molecular weight excluding hydrogens is 262 g/mol. The first-order valence-electron chi connectivity index (χ1n) is 6.21. The Morgan fingerprint density at radius 1 is 1.21 bits per heavy atom. The second-order valence-corrected chi connectivity index (χ2v) is 4.78. The topological polar surface area (TPSA) is 31.2 Å². The highest BCUT2D eigenvalue weighted by atomic mass is 35.5. The molecule has 4 heteroatoms. The monoisotopic (exact) mass is 277 g/mol. The summed E-state index contributed by atoms with van der Waals surface area (Å²) in [5.41, 5.74) is 0.829. The molecule has 0 saturated heterocycles. The molecule has 0 aliphatic heterocycles. The molecule has 0 aliphatic carbocycles. The van der Waals surface area contributed by atoms with Crippen molar-refractivity contribution in [2.45, 2.75) is 19.9 Å². The average molecular weight is 278 g/mol. The molecule has 0 unspecified atom stereocenters. The van der Waals surface area contributed by atoms with Gasteiger partial charge in [-0.25, -0.2) is 0 Å². The van der Waals surface area contributed by atoms with E-state index >= 15 is 0 Å². The largest absolute Gasteiger partial charge is 0.494 e. The number of rotatable bonds is 5. The van der Waals surface area contributed by atoms with Crippen LogP contribution in [0.5, 0.6) is 5.75 Å². The Kier molecular flexibility index (Phi) is 4.63. The lowest BCUT2D eigenvalue weighted by atomic mass is 10.3. The van der Waals surface area contributed by atoms with Gasteiger partial charge in [-0.3, -0.25) is 4.79 Å². The maximum absolute atomic E-state index is 11.8. The maximum atomic E-state index is 11.8. The van der Waals surface area contributed by atoms with Crippen LogP contribution in [0.2, 0.25) is 5.02 Å². The van der Waals surface area contributed by atoms with Crippen LogP contribution in [0, 0.1) is 6.92 Å². The summed E-state index contributed by atoms with van der Waals surface area (Å²) in [4.78, 5) is 11.8. The molecule has 100 valence electrons. The van der Waals surface area contributed by atoms with Crippen LogP contribution in [0.4, 0.5) is 0 Å². The summed E-state index contributed by atoms with van der Waals surface area (Å²) in [5.74, 6) is 0.793. The fourth-order valence-corrected chi connectivity index (χ4v) is 1.91. The highest BCUT2D eigenvalue weighted by molar-refractivity contribution is 6.30. The average Bonchev–Trinajstić information content (AvgIpc) is 2.41. The Morgan fingerprint density at radius 3 is 2.68 bits per heavy atom. The van der Waals surface area contributed by atoms with Crippen LogP contribution in [0.15, 0.2) is 47.4 Å². The zero-order chi connectivity index (χ0) is 13.7. The number of hydrogen-bond acceptors (Lipinski definition) is 2. The number of benzene rings is 1. The first-order chi connectivity index (χ1) is 9.16. The van der Waals surface area contributed by atoms with Crippen LogP contribution in [0.3, 0.4) is 0 Å². The van der Waals surface area contributed by atoms with Gasteiger partial charge >= 0.3 is 0 Å². The molecule has 0 aliphatic rings. The summed E-state index contributed by atoms with van der Waals surface area (Å²) >= 11 is 5.79. The standard InChI is InChI=1S/C15H16ClNO2/c1-12-4-2-9-17(15(12)18)10-3-11-19-14-7-5-13(16)6-8-14/h2,4-9H,3,10-11H2,1H3. The minimum absolute atomic E-state index is 0.0639. The Bertz CT molecular complexity index is 590. The Labute approximate surface area is 117 Å². The molecule has 1 aromatic heterocycles. The van der Waals surface area contributed by atoms with Gasteiger partial charge in [-0.05, 0) is 43.7 Å². The van der Waals surface area contributed by atoms with E-state index in [2.05, 4.69) is 0 Å². The van der Waals surface area contributed by atoms with E-state index in [4.69, 9.17) is 16.3 Å². The zero-order valence-corrected chi connectivity index (χ0v) is 11.6. The van der Waals surface area contributed by atoms with Crippen molar-refractivity contribution in [3.8, 4) is 5.75 Å². The van der Waals surface area contributed by atoms with E-state index < -0.39 is 0 Å². The lowest BCUT2D eigenvalue weighted by Crippen LogP contribution is -2.22. The normalized spacial score (nSPS) is 10.4. The first kappa shape index (κ1) is 13.7. The molecule has 0 amide bonds. The maximum Gasteiger partial charge on any atom is 0.253 e. The molecular formula is C15H16ClNO2. The van der Waals surface area contributed by atoms with E-state index in [0.717, 1.165) is 17.7 Å². The molecule has 1 aromatic carbocycles. The van der Waals surface area contributed by atoms with Gasteiger partial charge in [0.2, 0.25) is 0 Å². The minimum Gasteiger partial charge on any atom is -0.494 e. The molecule has 0 atom stereocenters. The van der Waals surface area contributed by atoms with E-state index in [-0.39, 0.29) is 5.56 Å². The predicted octanol–water partition coefficient (Wildman–Crippen LogP) is 3.28. The van der Waals surface area contributed by atoms with Crippen molar-refractivity contribution in [3.63, 3.8) is 0 Å². The molecule has 3 nitrogen and oxygen atoms in total. The van der Waals surface area contributed by atoms with Gasteiger partial charge in [0.25, 0.3) is 5.56 Å². The van der Waals surface area contributed by atoms with Crippen molar-refractivity contribution in [2.24, 2.45) is 0 Å². The third-order valence-corrected chi connectivity index (χ3v) is 3.09. The van der Waals surface area contributed by atoms with Gasteiger partial charge in [0, 0.05) is 23.3 Å². The van der Waals surface area contributed by atoms with E-state index in [0.29, 0.717) is 18.2 Å². The molecule has 1 heterocycles. The molecule has 0 radical (unpaired) electrons. The second kappa shape index (κ2) is 6.43. The molecule has 0 spiro atoms. The van der Waals surface area contributed by atoms with Crippen LogP contribution in [0.25, 0.3) is 0 Å². The third kappa shape index (κ3) is 3.86. The van der Waals surface area contributed by atoms with Gasteiger partial charge in [0.1, 0.15) is 5.75 Å². The summed E-state index contributed by atoms with van der Waals surface area (Å²) in [7, 11) is 0. The van der Waals surface area contributed by atoms with Crippen molar-refractivity contribution >= 4 is 11.6 Å². The summed E-state index contributed by atoms with van der Waals surface area (Å²) in [6.45, 7) is 3.05. The lowest BCUT2D eigenvalue weighted by Gasteiger charge is -2.08. The molecule has 19 heavy (non-hydrogen) atoms. The van der Waals surface area contributed by atoms with E-state index in [1.165, 1.54) is 0 Å². The summed E-state index contributed by atoms with van der Waals surface area (Å²) in [6, 6.07) is 11.0. The predicted molar refractivity (Wildman–Crippen MR) is 77.0 cm³/mol. The highest BCUT2D eigenvalue weighted by Crippen LogP contribution is 2.15. The van der Waals surface area contributed by atoms with Crippen LogP contribution in [0.1, 0.15) is 12.0 Å². The SMILES string of the molecule is Cc1cccn(CCCOc2ccc(Cl)cc2)c1=O. The smallest absolute Gasteiger partial charge is 0.253 e. The van der Waals surface area contributed by atoms with Gasteiger partial charge < -0.3 is 9.30 Å². The number of ether oxygens (including phenoxy) is 1. The highest BCUT2D eigenvalue weighted by Gasteiger charge is 1.99. The number of pyridine rings is 1. The van der Waals surface area contributed by atoms with Crippen molar-refractivity contribution in [1.29, 1.82) is 0 Å². The molecule has 0 N–H and O–H groups in total. The second-order valence-electron chi connectivity index (χ2n) is 4.35. The minimum atomic E-state index is 0.0639. The summed E-state index contributed by atoms with van der Waals surface area (Å²) in [5, 5.41) is 0.693. The fourth-order valence-electron chi connectivity index (χ4n) is 1.79. The summed E-state index contributed by atoms with van der Waals surface area (Å²) in [6.07, 6.45) is 2.59. The van der Waals surface area contributed by atoms with Crippen LogP contribution < -0.4 is 10.3 Å². The van der Waals surface area contributed by atoms with Crippen LogP contribution in [-0.2, 0) is 6.54 Å². The molecule has 0 fully saturated rings. The van der Waals surface area contributed by atoms with Gasteiger partial charge in [0.15, 0.2) is 0 Å². The molecule has 2 aromatic rings. The van der Waals surface area contributed by atoms with Gasteiger partial charge in [-0.2, -0.15) is 0 Å². The lowest BCUT2D eigenvalue weighted by molar-refractivity contribution is 0.301. The van der Waals surface area contributed by atoms with E-state index in [1.54, 1.807) is 22.9 Å². The molecule has 0 bridgehead atoms. The van der Waals surface area contributed by atoms with E-state index in [1.807, 2.05) is 31.2 Å².